The van der Waals surface area contributed by atoms with Gasteiger partial charge in [-0.25, -0.2) is 0 Å². The Morgan fingerprint density at radius 3 is 2.52 bits per heavy atom. The van der Waals surface area contributed by atoms with Crippen molar-refractivity contribution in [3.63, 3.8) is 0 Å². The molecule has 1 atom stereocenters. The van der Waals surface area contributed by atoms with E-state index in [2.05, 4.69) is 77.8 Å². The van der Waals surface area contributed by atoms with E-state index in [4.69, 9.17) is 0 Å². The van der Waals surface area contributed by atoms with E-state index >= 15 is 0 Å². The Labute approximate surface area is 143 Å². The van der Waals surface area contributed by atoms with Crippen molar-refractivity contribution >= 4 is 23.0 Å². The number of thiophene rings is 1. The molecule has 2 N–H and O–H groups in total. The van der Waals surface area contributed by atoms with Crippen LogP contribution in [0.15, 0.2) is 47.5 Å². The van der Waals surface area contributed by atoms with Gasteiger partial charge in [0.25, 0.3) is 0 Å². The molecule has 0 aliphatic heterocycles. The topological polar surface area (TPSA) is 39.7 Å². The van der Waals surface area contributed by atoms with Crippen LogP contribution in [0.2, 0.25) is 0 Å². The van der Waals surface area contributed by atoms with Gasteiger partial charge in [0.2, 0.25) is 0 Å². The molecule has 124 valence electrons. The molecular weight excluding hydrogens is 304 g/mol. The second-order valence-corrected chi connectivity index (χ2v) is 6.99. The molecule has 0 amide bonds. The van der Waals surface area contributed by atoms with Crippen LogP contribution in [0.5, 0.6) is 0 Å². The molecule has 0 saturated heterocycles. The number of anilines is 1. The Morgan fingerprint density at radius 1 is 1.17 bits per heavy atom. The number of nitrogens with zero attached hydrogens (tertiary/aromatic N) is 2. The third-order valence-corrected chi connectivity index (χ3v) is 4.84. The lowest BCUT2D eigenvalue weighted by Gasteiger charge is -2.27. The number of para-hydroxylation sites is 1. The zero-order chi connectivity index (χ0) is 16.7. The van der Waals surface area contributed by atoms with Gasteiger partial charge in [0.05, 0.1) is 6.54 Å². The molecule has 2 aromatic rings. The molecule has 0 spiro atoms. The molecule has 0 fully saturated rings. The second kappa shape index (κ2) is 8.58. The Kier molecular flexibility index (Phi) is 6.47. The molecule has 0 bridgehead atoms. The molecule has 1 unspecified atom stereocenters. The largest absolute Gasteiger partial charge is 0.370 e. The fourth-order valence-electron chi connectivity index (χ4n) is 2.27. The van der Waals surface area contributed by atoms with Gasteiger partial charge in [0.1, 0.15) is 0 Å². The normalized spacial score (nSPS) is 12.8. The zero-order valence-corrected chi connectivity index (χ0v) is 15.2. The maximum atomic E-state index is 4.29. The standard InChI is InChI=1S/C18H26N4S/c1-14(22(4)16-8-6-5-7-9-16)12-20-18(19-3)21-13-17-11-10-15(2)23-17/h5-11,14H,12-13H2,1-4H3,(H2,19,20,21). The summed E-state index contributed by atoms with van der Waals surface area (Å²) in [5.74, 6) is 0.837. The van der Waals surface area contributed by atoms with E-state index in [0.29, 0.717) is 6.04 Å². The predicted molar refractivity (Wildman–Crippen MR) is 102 cm³/mol. The van der Waals surface area contributed by atoms with Gasteiger partial charge in [-0.2, -0.15) is 0 Å². The molecule has 5 heteroatoms. The zero-order valence-electron chi connectivity index (χ0n) is 14.3. The maximum absolute atomic E-state index is 4.29. The van der Waals surface area contributed by atoms with E-state index in [-0.39, 0.29) is 0 Å². The van der Waals surface area contributed by atoms with Crippen molar-refractivity contribution in [2.24, 2.45) is 4.99 Å². The smallest absolute Gasteiger partial charge is 0.191 e. The van der Waals surface area contributed by atoms with Gasteiger partial charge in [0, 0.05) is 42.1 Å². The number of aryl methyl sites for hydroxylation is 1. The Morgan fingerprint density at radius 2 is 1.91 bits per heavy atom. The summed E-state index contributed by atoms with van der Waals surface area (Å²) in [5.41, 5.74) is 1.22. The SMILES string of the molecule is CN=C(NCc1ccc(C)s1)NCC(C)N(C)c1ccccc1. The summed E-state index contributed by atoms with van der Waals surface area (Å²) in [4.78, 5) is 9.22. The number of guanidine groups is 1. The van der Waals surface area contributed by atoms with Crippen molar-refractivity contribution in [3.8, 4) is 0 Å². The lowest BCUT2D eigenvalue weighted by atomic mass is 10.2. The van der Waals surface area contributed by atoms with Crippen LogP contribution in [0.3, 0.4) is 0 Å². The van der Waals surface area contributed by atoms with Crippen molar-refractivity contribution in [1.29, 1.82) is 0 Å². The molecule has 4 nitrogen and oxygen atoms in total. The van der Waals surface area contributed by atoms with Gasteiger partial charge in [0.15, 0.2) is 5.96 Å². The molecule has 1 aromatic heterocycles. The first-order valence-electron chi connectivity index (χ1n) is 7.88. The number of aliphatic imine (C=N–C) groups is 1. The third kappa shape index (κ3) is 5.28. The summed E-state index contributed by atoms with van der Waals surface area (Å²) in [7, 11) is 3.92. The molecule has 0 aliphatic carbocycles. The van der Waals surface area contributed by atoms with Gasteiger partial charge in [-0.05, 0) is 38.1 Å². The van der Waals surface area contributed by atoms with Gasteiger partial charge in [-0.1, -0.05) is 18.2 Å². The van der Waals surface area contributed by atoms with Crippen LogP contribution in [0, 0.1) is 6.92 Å². The maximum Gasteiger partial charge on any atom is 0.191 e. The van der Waals surface area contributed by atoms with Gasteiger partial charge in [-0.3, -0.25) is 4.99 Å². The summed E-state index contributed by atoms with van der Waals surface area (Å²) in [6, 6.07) is 15.1. The highest BCUT2D eigenvalue weighted by molar-refractivity contribution is 7.11. The van der Waals surface area contributed by atoms with E-state index in [0.717, 1.165) is 19.0 Å². The first-order valence-corrected chi connectivity index (χ1v) is 8.69. The second-order valence-electron chi connectivity index (χ2n) is 5.61. The number of hydrogen-bond acceptors (Lipinski definition) is 3. The van der Waals surface area contributed by atoms with Crippen molar-refractivity contribution in [2.75, 3.05) is 25.5 Å². The van der Waals surface area contributed by atoms with Crippen LogP contribution in [-0.4, -0.2) is 32.6 Å². The molecular formula is C18H26N4S. The van der Waals surface area contributed by atoms with Crippen LogP contribution < -0.4 is 15.5 Å². The summed E-state index contributed by atoms with van der Waals surface area (Å²) >= 11 is 1.81. The molecule has 23 heavy (non-hydrogen) atoms. The monoisotopic (exact) mass is 330 g/mol. The van der Waals surface area contributed by atoms with Crippen molar-refractivity contribution in [2.45, 2.75) is 26.4 Å². The first-order chi connectivity index (χ1) is 11.1. The fraction of sp³-hybridized carbons (Fsp3) is 0.389. The highest BCUT2D eigenvalue weighted by atomic mass is 32.1. The first kappa shape index (κ1) is 17.3. The minimum Gasteiger partial charge on any atom is -0.370 e. The van der Waals surface area contributed by atoms with Crippen molar-refractivity contribution in [1.82, 2.24) is 10.6 Å². The summed E-state index contributed by atoms with van der Waals surface area (Å²) in [6.07, 6.45) is 0. The Balaban J connectivity index is 1.80. The quantitative estimate of drug-likeness (QED) is 0.631. The number of likely N-dealkylation sites (N-methyl/N-ethyl adjacent to an activating group) is 1. The number of hydrogen-bond donors (Lipinski definition) is 2. The van der Waals surface area contributed by atoms with E-state index in [1.165, 1.54) is 15.4 Å². The van der Waals surface area contributed by atoms with Crippen LogP contribution in [-0.2, 0) is 6.54 Å². The van der Waals surface area contributed by atoms with Crippen LogP contribution in [0.4, 0.5) is 5.69 Å². The van der Waals surface area contributed by atoms with E-state index in [1.54, 1.807) is 7.05 Å². The minimum absolute atomic E-state index is 0.361. The molecule has 1 heterocycles. The Bertz CT molecular complexity index is 621. The van der Waals surface area contributed by atoms with Gasteiger partial charge < -0.3 is 15.5 Å². The lowest BCUT2D eigenvalue weighted by molar-refractivity contribution is 0.649. The number of rotatable bonds is 6. The number of benzene rings is 1. The summed E-state index contributed by atoms with van der Waals surface area (Å²) in [5, 5.41) is 6.76. The molecule has 1 aromatic carbocycles. The molecule has 0 saturated carbocycles. The van der Waals surface area contributed by atoms with Gasteiger partial charge >= 0.3 is 0 Å². The fourth-order valence-corrected chi connectivity index (χ4v) is 3.10. The van der Waals surface area contributed by atoms with E-state index in [9.17, 15) is 0 Å². The predicted octanol–water partition coefficient (Wildman–Crippen LogP) is 3.25. The van der Waals surface area contributed by atoms with Crippen molar-refractivity contribution < 1.29 is 0 Å². The Hall–Kier alpha value is -2.01. The van der Waals surface area contributed by atoms with E-state index in [1.807, 2.05) is 17.4 Å². The summed E-state index contributed by atoms with van der Waals surface area (Å²) in [6.45, 7) is 5.97. The highest BCUT2D eigenvalue weighted by Gasteiger charge is 2.10. The minimum atomic E-state index is 0.361. The van der Waals surface area contributed by atoms with Crippen LogP contribution in [0.25, 0.3) is 0 Å². The van der Waals surface area contributed by atoms with E-state index < -0.39 is 0 Å². The highest BCUT2D eigenvalue weighted by Crippen LogP contribution is 2.15. The molecule has 2 rings (SSSR count). The lowest BCUT2D eigenvalue weighted by Crippen LogP contribution is -2.44. The third-order valence-electron chi connectivity index (χ3n) is 3.84. The average Bonchev–Trinajstić information content (AvgIpc) is 3.00. The molecule has 0 radical (unpaired) electrons. The van der Waals surface area contributed by atoms with Crippen LogP contribution in [0.1, 0.15) is 16.7 Å². The van der Waals surface area contributed by atoms with Crippen LogP contribution >= 0.6 is 11.3 Å². The molecule has 0 aliphatic rings. The number of nitrogens with one attached hydrogen (secondary N) is 2. The average molecular weight is 331 g/mol. The summed E-state index contributed by atoms with van der Waals surface area (Å²) < 4.78 is 0. The van der Waals surface area contributed by atoms with Gasteiger partial charge in [-0.15, -0.1) is 11.3 Å². The van der Waals surface area contributed by atoms with Crippen molar-refractivity contribution in [3.05, 3.63) is 52.2 Å².